The van der Waals surface area contributed by atoms with E-state index in [1.54, 1.807) is 19.2 Å². The third kappa shape index (κ3) is 5.56. The Morgan fingerprint density at radius 1 is 1.12 bits per heavy atom. The molecule has 0 radical (unpaired) electrons. The Bertz CT molecular complexity index is 753. The minimum atomic E-state index is -0.538. The molecule has 0 aliphatic heterocycles. The molecular formula is C18H18F2N2O3. The van der Waals surface area contributed by atoms with Gasteiger partial charge >= 0.3 is 0 Å². The van der Waals surface area contributed by atoms with Crippen molar-refractivity contribution in [3.63, 3.8) is 0 Å². The SMILES string of the molecule is CN(CCOc1ccccc1F)C(=O)CNC(=O)c1cccc(F)c1. The van der Waals surface area contributed by atoms with Crippen LogP contribution in [0.15, 0.2) is 48.5 Å². The third-order valence-electron chi connectivity index (χ3n) is 3.43. The van der Waals surface area contributed by atoms with Crippen LogP contribution in [-0.4, -0.2) is 43.5 Å². The van der Waals surface area contributed by atoms with Crippen LogP contribution in [0.5, 0.6) is 5.75 Å². The topological polar surface area (TPSA) is 58.6 Å². The molecule has 0 unspecified atom stereocenters. The highest BCUT2D eigenvalue weighted by Gasteiger charge is 2.12. The largest absolute Gasteiger partial charge is 0.489 e. The Morgan fingerprint density at radius 3 is 2.60 bits per heavy atom. The van der Waals surface area contributed by atoms with E-state index in [9.17, 15) is 18.4 Å². The summed E-state index contributed by atoms with van der Waals surface area (Å²) in [5.41, 5.74) is 0.137. The van der Waals surface area contributed by atoms with Gasteiger partial charge in [0.15, 0.2) is 11.6 Å². The summed E-state index contributed by atoms with van der Waals surface area (Å²) in [7, 11) is 1.54. The lowest BCUT2D eigenvalue weighted by Crippen LogP contribution is -2.39. The van der Waals surface area contributed by atoms with Crippen LogP contribution in [0.25, 0.3) is 0 Å². The summed E-state index contributed by atoms with van der Waals surface area (Å²) in [5, 5.41) is 2.43. The van der Waals surface area contributed by atoms with Crippen molar-refractivity contribution >= 4 is 11.8 Å². The number of ether oxygens (including phenoxy) is 1. The van der Waals surface area contributed by atoms with Crippen LogP contribution >= 0.6 is 0 Å². The maximum absolute atomic E-state index is 13.4. The molecule has 2 amide bonds. The number of hydrogen-bond donors (Lipinski definition) is 1. The zero-order valence-electron chi connectivity index (χ0n) is 13.7. The van der Waals surface area contributed by atoms with Crippen molar-refractivity contribution in [1.82, 2.24) is 10.2 Å². The third-order valence-corrected chi connectivity index (χ3v) is 3.43. The average Bonchev–Trinajstić information content (AvgIpc) is 2.60. The van der Waals surface area contributed by atoms with Crippen LogP contribution in [0, 0.1) is 11.6 Å². The Kier molecular flexibility index (Phi) is 6.45. The predicted octanol–water partition coefficient (Wildman–Crippen LogP) is 2.23. The molecule has 2 aromatic carbocycles. The summed E-state index contributed by atoms with van der Waals surface area (Å²) in [6.45, 7) is 0.107. The van der Waals surface area contributed by atoms with E-state index in [0.29, 0.717) is 0 Å². The van der Waals surface area contributed by atoms with Crippen molar-refractivity contribution in [2.45, 2.75) is 0 Å². The maximum Gasteiger partial charge on any atom is 0.251 e. The zero-order valence-corrected chi connectivity index (χ0v) is 13.7. The smallest absolute Gasteiger partial charge is 0.251 e. The molecule has 0 aromatic heterocycles. The number of para-hydroxylation sites is 1. The lowest BCUT2D eigenvalue weighted by molar-refractivity contribution is -0.129. The van der Waals surface area contributed by atoms with Gasteiger partial charge < -0.3 is 15.0 Å². The van der Waals surface area contributed by atoms with Gasteiger partial charge in [-0.05, 0) is 30.3 Å². The molecule has 0 atom stereocenters. The molecule has 2 aromatic rings. The molecule has 1 N–H and O–H groups in total. The van der Waals surface area contributed by atoms with Crippen molar-refractivity contribution in [2.24, 2.45) is 0 Å². The van der Waals surface area contributed by atoms with E-state index in [1.807, 2.05) is 0 Å². The second-order valence-corrected chi connectivity index (χ2v) is 5.29. The number of halogens is 2. The number of hydrogen-bond acceptors (Lipinski definition) is 3. The van der Waals surface area contributed by atoms with Crippen LogP contribution in [0.4, 0.5) is 8.78 Å². The monoisotopic (exact) mass is 348 g/mol. The normalized spacial score (nSPS) is 10.2. The van der Waals surface area contributed by atoms with Gasteiger partial charge in [0.2, 0.25) is 5.91 Å². The van der Waals surface area contributed by atoms with Crippen LogP contribution in [0.3, 0.4) is 0 Å². The second-order valence-electron chi connectivity index (χ2n) is 5.29. The van der Waals surface area contributed by atoms with Crippen molar-refractivity contribution in [2.75, 3.05) is 26.7 Å². The van der Waals surface area contributed by atoms with E-state index in [-0.39, 0.29) is 36.9 Å². The fourth-order valence-electron chi connectivity index (χ4n) is 2.00. The first-order chi connectivity index (χ1) is 12.0. The highest BCUT2D eigenvalue weighted by molar-refractivity contribution is 5.96. The van der Waals surface area contributed by atoms with Crippen molar-refractivity contribution in [3.05, 3.63) is 65.7 Å². The highest BCUT2D eigenvalue weighted by Crippen LogP contribution is 2.14. The average molecular weight is 348 g/mol. The molecule has 5 nitrogen and oxygen atoms in total. The zero-order chi connectivity index (χ0) is 18.2. The molecule has 0 saturated carbocycles. The summed E-state index contributed by atoms with van der Waals surface area (Å²) in [5.74, 6) is -1.77. The van der Waals surface area contributed by atoms with E-state index in [0.717, 1.165) is 6.07 Å². The molecule has 0 aliphatic carbocycles. The Labute approximate surface area is 144 Å². The minimum Gasteiger partial charge on any atom is -0.489 e. The van der Waals surface area contributed by atoms with Gasteiger partial charge in [-0.15, -0.1) is 0 Å². The van der Waals surface area contributed by atoms with E-state index in [1.165, 1.54) is 35.2 Å². The van der Waals surface area contributed by atoms with Gasteiger partial charge in [-0.25, -0.2) is 8.78 Å². The van der Waals surface area contributed by atoms with Gasteiger partial charge in [0, 0.05) is 12.6 Å². The Hall–Kier alpha value is -2.96. The molecule has 0 aliphatic rings. The molecule has 0 bridgehead atoms. The highest BCUT2D eigenvalue weighted by atomic mass is 19.1. The van der Waals surface area contributed by atoms with Gasteiger partial charge in [-0.1, -0.05) is 18.2 Å². The summed E-state index contributed by atoms with van der Waals surface area (Å²) >= 11 is 0. The molecule has 0 heterocycles. The molecule has 7 heteroatoms. The summed E-state index contributed by atoms with van der Waals surface area (Å²) in [6, 6.07) is 11.2. The lowest BCUT2D eigenvalue weighted by Gasteiger charge is -2.18. The van der Waals surface area contributed by atoms with Crippen molar-refractivity contribution in [3.8, 4) is 5.75 Å². The number of benzene rings is 2. The number of nitrogens with zero attached hydrogens (tertiary/aromatic N) is 1. The van der Waals surface area contributed by atoms with Crippen LogP contribution in [0.1, 0.15) is 10.4 Å². The number of amides is 2. The number of rotatable bonds is 7. The quantitative estimate of drug-likeness (QED) is 0.835. The number of carbonyl (C=O) groups is 2. The number of nitrogens with one attached hydrogen (secondary N) is 1. The van der Waals surface area contributed by atoms with E-state index >= 15 is 0 Å². The van der Waals surface area contributed by atoms with E-state index in [4.69, 9.17) is 4.74 Å². The van der Waals surface area contributed by atoms with Gasteiger partial charge in [0.25, 0.3) is 5.91 Å². The maximum atomic E-state index is 13.4. The number of carbonyl (C=O) groups excluding carboxylic acids is 2. The first kappa shape index (κ1) is 18.4. The van der Waals surface area contributed by atoms with Crippen molar-refractivity contribution in [1.29, 1.82) is 0 Å². The molecule has 0 fully saturated rings. The predicted molar refractivity (Wildman–Crippen MR) is 88.3 cm³/mol. The van der Waals surface area contributed by atoms with Crippen LogP contribution in [0.2, 0.25) is 0 Å². The van der Waals surface area contributed by atoms with Gasteiger partial charge in [-0.3, -0.25) is 9.59 Å². The molecule has 25 heavy (non-hydrogen) atoms. The van der Waals surface area contributed by atoms with E-state index in [2.05, 4.69) is 5.32 Å². The van der Waals surface area contributed by atoms with Gasteiger partial charge in [0.05, 0.1) is 13.1 Å². The summed E-state index contributed by atoms with van der Waals surface area (Å²) in [4.78, 5) is 25.2. The van der Waals surface area contributed by atoms with E-state index < -0.39 is 17.5 Å². The number of likely N-dealkylation sites (N-methyl/N-ethyl adjacent to an activating group) is 1. The minimum absolute atomic E-state index is 0.112. The van der Waals surface area contributed by atoms with Gasteiger partial charge in [-0.2, -0.15) is 0 Å². The first-order valence-corrected chi connectivity index (χ1v) is 7.62. The standard InChI is InChI=1S/C18H18F2N2O3/c1-22(9-10-25-16-8-3-2-7-15(16)20)17(23)12-21-18(24)13-5-4-6-14(19)11-13/h2-8,11H,9-10,12H2,1H3,(H,21,24). The van der Waals surface area contributed by atoms with Crippen molar-refractivity contribution < 1.29 is 23.1 Å². The fraction of sp³-hybridized carbons (Fsp3) is 0.222. The molecular weight excluding hydrogens is 330 g/mol. The first-order valence-electron chi connectivity index (χ1n) is 7.62. The second kappa shape index (κ2) is 8.77. The van der Waals surface area contributed by atoms with Crippen LogP contribution in [-0.2, 0) is 4.79 Å². The fourth-order valence-corrected chi connectivity index (χ4v) is 2.00. The Morgan fingerprint density at radius 2 is 1.88 bits per heavy atom. The van der Waals surface area contributed by atoms with Gasteiger partial charge in [0.1, 0.15) is 12.4 Å². The molecule has 0 spiro atoms. The van der Waals surface area contributed by atoms with Crippen LogP contribution < -0.4 is 10.1 Å². The summed E-state index contributed by atoms with van der Waals surface area (Å²) < 4.78 is 31.7. The molecule has 132 valence electrons. The molecule has 2 rings (SSSR count). The summed E-state index contributed by atoms with van der Waals surface area (Å²) in [6.07, 6.45) is 0. The Balaban J connectivity index is 1.75. The lowest BCUT2D eigenvalue weighted by atomic mass is 10.2. The molecule has 0 saturated heterocycles.